The monoisotopic (exact) mass is 283 g/mol. The number of nitrogens with one attached hydrogen (secondary N) is 1. The SMILES string of the molecule is CC(CC(=O)O)c1ccc(NC(=O)c2ccccc2)cc1. The molecule has 2 aromatic carbocycles. The smallest absolute Gasteiger partial charge is 0.303 e. The van der Waals surface area contributed by atoms with E-state index in [0.717, 1.165) is 5.56 Å². The molecule has 0 aliphatic heterocycles. The van der Waals surface area contributed by atoms with Crippen molar-refractivity contribution >= 4 is 17.6 Å². The van der Waals surface area contributed by atoms with Crippen molar-refractivity contribution in [2.45, 2.75) is 19.3 Å². The summed E-state index contributed by atoms with van der Waals surface area (Å²) in [5, 5.41) is 11.6. The van der Waals surface area contributed by atoms with Crippen molar-refractivity contribution in [3.63, 3.8) is 0 Å². The molecule has 1 amide bonds. The Bertz CT molecular complexity index is 620. The van der Waals surface area contributed by atoms with Crippen molar-refractivity contribution < 1.29 is 14.7 Å². The van der Waals surface area contributed by atoms with E-state index in [2.05, 4.69) is 5.32 Å². The van der Waals surface area contributed by atoms with E-state index in [1.807, 2.05) is 37.3 Å². The van der Waals surface area contributed by atoms with Gasteiger partial charge in [-0.2, -0.15) is 0 Å². The number of amides is 1. The molecule has 0 spiro atoms. The van der Waals surface area contributed by atoms with Crippen LogP contribution >= 0.6 is 0 Å². The average molecular weight is 283 g/mol. The summed E-state index contributed by atoms with van der Waals surface area (Å²) in [6, 6.07) is 16.2. The number of hydrogen-bond donors (Lipinski definition) is 2. The van der Waals surface area contributed by atoms with Crippen LogP contribution in [0.4, 0.5) is 5.69 Å². The molecule has 108 valence electrons. The highest BCUT2D eigenvalue weighted by Gasteiger charge is 2.10. The van der Waals surface area contributed by atoms with Gasteiger partial charge in [-0.3, -0.25) is 9.59 Å². The normalized spacial score (nSPS) is 11.7. The minimum Gasteiger partial charge on any atom is -0.481 e. The Morgan fingerprint density at radius 2 is 1.67 bits per heavy atom. The number of carboxylic acid groups (broad SMARTS) is 1. The van der Waals surface area contributed by atoms with Gasteiger partial charge in [0.1, 0.15) is 0 Å². The van der Waals surface area contributed by atoms with E-state index in [9.17, 15) is 9.59 Å². The third-order valence-electron chi connectivity index (χ3n) is 3.25. The van der Waals surface area contributed by atoms with Gasteiger partial charge in [-0.1, -0.05) is 37.3 Å². The minimum atomic E-state index is -0.816. The molecule has 0 bridgehead atoms. The number of carbonyl (C=O) groups excluding carboxylic acids is 1. The van der Waals surface area contributed by atoms with Crippen molar-refractivity contribution in [2.75, 3.05) is 5.32 Å². The lowest BCUT2D eigenvalue weighted by molar-refractivity contribution is -0.137. The Balaban J connectivity index is 2.03. The second-order valence-electron chi connectivity index (χ2n) is 4.94. The van der Waals surface area contributed by atoms with E-state index < -0.39 is 5.97 Å². The van der Waals surface area contributed by atoms with Crippen LogP contribution in [-0.4, -0.2) is 17.0 Å². The first kappa shape index (κ1) is 14.8. The lowest BCUT2D eigenvalue weighted by Gasteiger charge is -2.10. The number of rotatable bonds is 5. The largest absolute Gasteiger partial charge is 0.481 e. The highest BCUT2D eigenvalue weighted by molar-refractivity contribution is 6.04. The first-order chi connectivity index (χ1) is 10.1. The maximum atomic E-state index is 12.0. The van der Waals surface area contributed by atoms with Gasteiger partial charge in [0.25, 0.3) is 5.91 Å². The van der Waals surface area contributed by atoms with E-state index in [1.54, 1.807) is 24.3 Å². The third-order valence-corrected chi connectivity index (χ3v) is 3.25. The predicted octanol–water partition coefficient (Wildman–Crippen LogP) is 3.52. The lowest BCUT2D eigenvalue weighted by Crippen LogP contribution is -2.11. The van der Waals surface area contributed by atoms with Gasteiger partial charge < -0.3 is 10.4 Å². The van der Waals surface area contributed by atoms with Crippen LogP contribution in [0.2, 0.25) is 0 Å². The summed E-state index contributed by atoms with van der Waals surface area (Å²) < 4.78 is 0. The van der Waals surface area contributed by atoms with E-state index in [0.29, 0.717) is 11.3 Å². The van der Waals surface area contributed by atoms with Crippen molar-refractivity contribution in [2.24, 2.45) is 0 Å². The molecule has 0 aromatic heterocycles. The van der Waals surface area contributed by atoms with Crippen LogP contribution in [0.1, 0.15) is 35.2 Å². The van der Waals surface area contributed by atoms with E-state index in [4.69, 9.17) is 5.11 Å². The summed E-state index contributed by atoms with van der Waals surface area (Å²) in [4.78, 5) is 22.7. The molecule has 0 saturated carbocycles. The summed E-state index contributed by atoms with van der Waals surface area (Å²) in [7, 11) is 0. The maximum Gasteiger partial charge on any atom is 0.303 e. The van der Waals surface area contributed by atoms with Crippen molar-refractivity contribution in [1.29, 1.82) is 0 Å². The summed E-state index contributed by atoms with van der Waals surface area (Å²) in [6.07, 6.45) is 0.0930. The Labute approximate surface area is 123 Å². The molecular weight excluding hydrogens is 266 g/mol. The second-order valence-corrected chi connectivity index (χ2v) is 4.94. The molecule has 0 aliphatic rings. The first-order valence-corrected chi connectivity index (χ1v) is 6.74. The zero-order chi connectivity index (χ0) is 15.2. The molecule has 4 nitrogen and oxygen atoms in total. The number of carbonyl (C=O) groups is 2. The van der Waals surface area contributed by atoms with Crippen LogP contribution in [0.3, 0.4) is 0 Å². The molecule has 0 aliphatic carbocycles. The minimum absolute atomic E-state index is 0.0543. The molecule has 1 unspecified atom stereocenters. The first-order valence-electron chi connectivity index (χ1n) is 6.74. The van der Waals surface area contributed by atoms with Crippen LogP contribution in [-0.2, 0) is 4.79 Å². The van der Waals surface area contributed by atoms with Crippen LogP contribution < -0.4 is 5.32 Å². The maximum absolute atomic E-state index is 12.0. The number of hydrogen-bond acceptors (Lipinski definition) is 2. The number of carboxylic acids is 1. The van der Waals surface area contributed by atoms with Crippen LogP contribution in [0, 0.1) is 0 Å². The van der Waals surface area contributed by atoms with Gasteiger partial charge in [0.2, 0.25) is 0 Å². The predicted molar refractivity (Wildman–Crippen MR) is 81.5 cm³/mol. The van der Waals surface area contributed by atoms with Gasteiger partial charge in [0.15, 0.2) is 0 Å². The highest BCUT2D eigenvalue weighted by atomic mass is 16.4. The summed E-state index contributed by atoms with van der Waals surface area (Å²) in [5.41, 5.74) is 2.23. The summed E-state index contributed by atoms with van der Waals surface area (Å²) >= 11 is 0. The standard InChI is InChI=1S/C17H17NO3/c1-12(11-16(19)20)13-7-9-15(10-8-13)18-17(21)14-5-3-2-4-6-14/h2-10,12H,11H2,1H3,(H,18,21)(H,19,20). The van der Waals surface area contributed by atoms with Crippen LogP contribution in [0.5, 0.6) is 0 Å². The van der Waals surface area contributed by atoms with Gasteiger partial charge in [0, 0.05) is 11.3 Å². The van der Waals surface area contributed by atoms with E-state index in [-0.39, 0.29) is 18.2 Å². The van der Waals surface area contributed by atoms with Gasteiger partial charge in [-0.25, -0.2) is 0 Å². The van der Waals surface area contributed by atoms with Gasteiger partial charge in [-0.05, 0) is 35.7 Å². The quantitative estimate of drug-likeness (QED) is 0.882. The van der Waals surface area contributed by atoms with Gasteiger partial charge in [0.05, 0.1) is 6.42 Å². The molecule has 1 atom stereocenters. The molecule has 21 heavy (non-hydrogen) atoms. The molecule has 0 saturated heterocycles. The molecule has 0 heterocycles. The lowest BCUT2D eigenvalue weighted by atomic mass is 9.98. The molecule has 2 rings (SSSR count). The molecule has 2 N–H and O–H groups in total. The molecule has 0 fully saturated rings. The number of anilines is 1. The van der Waals surface area contributed by atoms with Gasteiger partial charge in [-0.15, -0.1) is 0 Å². The molecule has 2 aromatic rings. The molecular formula is C17H17NO3. The third kappa shape index (κ3) is 4.18. The molecule has 0 radical (unpaired) electrons. The Hall–Kier alpha value is -2.62. The summed E-state index contributed by atoms with van der Waals surface area (Å²) in [6.45, 7) is 1.87. The second kappa shape index (κ2) is 6.70. The Morgan fingerprint density at radius 3 is 2.24 bits per heavy atom. The van der Waals surface area contributed by atoms with Crippen molar-refractivity contribution in [3.05, 3.63) is 65.7 Å². The fraction of sp³-hybridized carbons (Fsp3) is 0.176. The molecule has 4 heteroatoms. The van der Waals surface area contributed by atoms with E-state index in [1.165, 1.54) is 0 Å². The zero-order valence-corrected chi connectivity index (χ0v) is 11.7. The average Bonchev–Trinajstić information content (AvgIpc) is 2.48. The Morgan fingerprint density at radius 1 is 1.05 bits per heavy atom. The van der Waals surface area contributed by atoms with Gasteiger partial charge >= 0.3 is 5.97 Å². The number of benzene rings is 2. The topological polar surface area (TPSA) is 66.4 Å². The fourth-order valence-corrected chi connectivity index (χ4v) is 2.07. The van der Waals surface area contributed by atoms with E-state index >= 15 is 0 Å². The van der Waals surface area contributed by atoms with Crippen molar-refractivity contribution in [3.8, 4) is 0 Å². The fourth-order valence-electron chi connectivity index (χ4n) is 2.07. The summed E-state index contributed by atoms with van der Waals surface area (Å²) in [5.74, 6) is -1.03. The van der Waals surface area contributed by atoms with Crippen LogP contribution in [0.25, 0.3) is 0 Å². The van der Waals surface area contributed by atoms with Crippen LogP contribution in [0.15, 0.2) is 54.6 Å². The zero-order valence-electron chi connectivity index (χ0n) is 11.7. The Kier molecular flexibility index (Phi) is 4.72. The highest BCUT2D eigenvalue weighted by Crippen LogP contribution is 2.21. The van der Waals surface area contributed by atoms with Crippen molar-refractivity contribution in [1.82, 2.24) is 0 Å². The number of aliphatic carboxylic acids is 1.